The van der Waals surface area contributed by atoms with E-state index in [1.807, 2.05) is 12.1 Å². The minimum Gasteiger partial charge on any atom is -0.497 e. The van der Waals surface area contributed by atoms with Crippen molar-refractivity contribution < 1.29 is 22.7 Å². The lowest BCUT2D eigenvalue weighted by Crippen LogP contribution is -2.45. The first-order valence-corrected chi connectivity index (χ1v) is 10.9. The number of benzene rings is 2. The third-order valence-electron chi connectivity index (χ3n) is 4.63. The Morgan fingerprint density at radius 3 is 2.64 bits per heavy atom. The van der Waals surface area contributed by atoms with Crippen molar-refractivity contribution in [2.24, 2.45) is 0 Å². The van der Waals surface area contributed by atoms with E-state index in [2.05, 4.69) is 5.32 Å². The van der Waals surface area contributed by atoms with Crippen LogP contribution in [0.3, 0.4) is 0 Å². The molecule has 0 spiro atoms. The fourth-order valence-electron chi connectivity index (χ4n) is 3.21. The number of rotatable bonds is 7. The second kappa shape index (κ2) is 8.02. The summed E-state index contributed by atoms with van der Waals surface area (Å²) in [5, 5.41) is 2.77. The van der Waals surface area contributed by atoms with E-state index >= 15 is 0 Å². The molecule has 1 heterocycles. The molecule has 28 heavy (non-hydrogen) atoms. The molecule has 3 rings (SSSR count). The summed E-state index contributed by atoms with van der Waals surface area (Å²) in [7, 11) is -1.76. The summed E-state index contributed by atoms with van der Waals surface area (Å²) in [5.74, 6) is -0.313. The number of hydrogen-bond donors (Lipinski definition) is 1. The number of ether oxygens (including phenoxy) is 1. The van der Waals surface area contributed by atoms with Gasteiger partial charge in [0.1, 0.15) is 21.6 Å². The van der Waals surface area contributed by atoms with E-state index < -0.39 is 21.8 Å². The number of methoxy groups -OCH3 is 1. The molecule has 1 atom stereocenters. The number of hydrogen-bond acceptors (Lipinski definition) is 5. The molecule has 0 radical (unpaired) electrons. The Hall–Kier alpha value is -2.87. The Kier molecular flexibility index (Phi) is 5.69. The highest BCUT2D eigenvalue weighted by Crippen LogP contribution is 2.26. The SMILES string of the molecule is COc1cccc(NC(=O)[C@H](CCS(C)(=O)=O)N2Cc3ccccc3C2=O)c1. The summed E-state index contributed by atoms with van der Waals surface area (Å²) in [6.45, 7) is 0.273. The number of sulfone groups is 1. The van der Waals surface area contributed by atoms with Gasteiger partial charge in [0.2, 0.25) is 5.91 Å². The summed E-state index contributed by atoms with van der Waals surface area (Å²) in [5.41, 5.74) is 1.88. The van der Waals surface area contributed by atoms with Crippen molar-refractivity contribution in [3.63, 3.8) is 0 Å². The minimum atomic E-state index is -3.29. The molecule has 0 fully saturated rings. The van der Waals surface area contributed by atoms with Crippen LogP contribution in [0.4, 0.5) is 5.69 Å². The van der Waals surface area contributed by atoms with Gasteiger partial charge in [0.25, 0.3) is 5.91 Å². The lowest BCUT2D eigenvalue weighted by Gasteiger charge is -2.27. The van der Waals surface area contributed by atoms with Crippen LogP contribution in [0.2, 0.25) is 0 Å². The zero-order valence-corrected chi connectivity index (χ0v) is 16.5. The van der Waals surface area contributed by atoms with Gasteiger partial charge in [0.05, 0.1) is 12.9 Å². The average molecular weight is 402 g/mol. The molecule has 7 nitrogen and oxygen atoms in total. The smallest absolute Gasteiger partial charge is 0.255 e. The van der Waals surface area contributed by atoms with Crippen LogP contribution in [-0.2, 0) is 21.2 Å². The molecule has 1 N–H and O–H groups in total. The van der Waals surface area contributed by atoms with E-state index in [0.29, 0.717) is 17.0 Å². The van der Waals surface area contributed by atoms with E-state index in [1.165, 1.54) is 12.0 Å². The number of amides is 2. The van der Waals surface area contributed by atoms with Crippen LogP contribution in [0, 0.1) is 0 Å². The van der Waals surface area contributed by atoms with E-state index in [9.17, 15) is 18.0 Å². The molecule has 0 saturated heterocycles. The van der Waals surface area contributed by atoms with Gasteiger partial charge in [-0.05, 0) is 30.2 Å². The van der Waals surface area contributed by atoms with Gasteiger partial charge in [0, 0.05) is 30.1 Å². The molecule has 148 valence electrons. The number of carbonyl (C=O) groups is 2. The maximum Gasteiger partial charge on any atom is 0.255 e. The monoisotopic (exact) mass is 402 g/mol. The summed E-state index contributed by atoms with van der Waals surface area (Å²) in [6, 6.07) is 13.1. The molecule has 8 heteroatoms. The molecule has 0 saturated carbocycles. The third kappa shape index (κ3) is 4.51. The molecular formula is C20H22N2O5S. The average Bonchev–Trinajstić information content (AvgIpc) is 2.98. The first-order valence-electron chi connectivity index (χ1n) is 8.80. The first kappa shape index (κ1) is 19.9. The highest BCUT2D eigenvalue weighted by Gasteiger charge is 2.36. The molecule has 0 unspecified atom stereocenters. The van der Waals surface area contributed by atoms with Crippen molar-refractivity contribution in [3.05, 3.63) is 59.7 Å². The van der Waals surface area contributed by atoms with Crippen LogP contribution in [-0.4, -0.2) is 50.3 Å². The predicted octanol–water partition coefficient (Wildman–Crippen LogP) is 2.09. The van der Waals surface area contributed by atoms with Gasteiger partial charge < -0.3 is 15.0 Å². The third-order valence-corrected chi connectivity index (χ3v) is 5.60. The van der Waals surface area contributed by atoms with Gasteiger partial charge in [0.15, 0.2) is 0 Å². The van der Waals surface area contributed by atoms with Crippen molar-refractivity contribution >= 4 is 27.3 Å². The quantitative estimate of drug-likeness (QED) is 0.766. The van der Waals surface area contributed by atoms with Crippen molar-refractivity contribution in [1.82, 2.24) is 4.90 Å². The normalized spacial score (nSPS) is 14.5. The minimum absolute atomic E-state index is 0.0222. The van der Waals surface area contributed by atoms with Crippen LogP contribution < -0.4 is 10.1 Å². The molecule has 0 aliphatic carbocycles. The second-order valence-electron chi connectivity index (χ2n) is 6.75. The topological polar surface area (TPSA) is 92.8 Å². The van der Waals surface area contributed by atoms with Gasteiger partial charge in [-0.25, -0.2) is 8.42 Å². The van der Waals surface area contributed by atoms with Crippen molar-refractivity contribution in [3.8, 4) is 5.75 Å². The molecule has 1 aliphatic heterocycles. The highest BCUT2D eigenvalue weighted by molar-refractivity contribution is 7.90. The molecule has 2 amide bonds. The molecule has 0 aromatic heterocycles. The summed E-state index contributed by atoms with van der Waals surface area (Å²) in [6.07, 6.45) is 1.14. The van der Waals surface area contributed by atoms with Crippen LogP contribution in [0.15, 0.2) is 48.5 Å². The van der Waals surface area contributed by atoms with Crippen LogP contribution in [0.1, 0.15) is 22.3 Å². The summed E-state index contributed by atoms with van der Waals surface area (Å²) >= 11 is 0. The van der Waals surface area contributed by atoms with Crippen LogP contribution in [0.5, 0.6) is 5.75 Å². The lowest BCUT2D eigenvalue weighted by atomic mass is 10.1. The summed E-state index contributed by atoms with van der Waals surface area (Å²) in [4.78, 5) is 27.2. The first-order chi connectivity index (χ1) is 13.3. The fourth-order valence-corrected chi connectivity index (χ4v) is 3.86. The maximum atomic E-state index is 13.0. The Morgan fingerprint density at radius 1 is 1.21 bits per heavy atom. The Labute approximate surface area is 164 Å². The van der Waals surface area contributed by atoms with Gasteiger partial charge >= 0.3 is 0 Å². The fraction of sp³-hybridized carbons (Fsp3) is 0.300. The van der Waals surface area contributed by atoms with Crippen molar-refractivity contribution in [2.75, 3.05) is 24.4 Å². The van der Waals surface area contributed by atoms with Gasteiger partial charge in [-0.1, -0.05) is 24.3 Å². The standard InChI is InChI=1S/C20H22N2O5S/c1-27-16-8-5-7-15(12-16)21-19(23)18(10-11-28(2,25)26)22-13-14-6-3-4-9-17(14)20(22)24/h3-9,12,18H,10-11,13H2,1-2H3,(H,21,23)/t18-/m0/s1. The zero-order chi connectivity index (χ0) is 20.3. The van der Waals surface area contributed by atoms with Crippen LogP contribution in [0.25, 0.3) is 0 Å². The van der Waals surface area contributed by atoms with E-state index in [0.717, 1.165) is 11.8 Å². The summed E-state index contributed by atoms with van der Waals surface area (Å²) < 4.78 is 28.5. The maximum absolute atomic E-state index is 13.0. The second-order valence-corrected chi connectivity index (χ2v) is 9.01. The molecule has 2 aromatic carbocycles. The number of anilines is 1. The van der Waals surface area contributed by atoms with E-state index in [-0.39, 0.29) is 24.6 Å². The van der Waals surface area contributed by atoms with Gasteiger partial charge in [-0.2, -0.15) is 0 Å². The molecule has 1 aliphatic rings. The largest absolute Gasteiger partial charge is 0.497 e. The number of nitrogens with one attached hydrogen (secondary N) is 1. The number of carbonyl (C=O) groups excluding carboxylic acids is 2. The molecular weight excluding hydrogens is 380 g/mol. The molecule has 2 aromatic rings. The Morgan fingerprint density at radius 2 is 1.96 bits per heavy atom. The Bertz CT molecular complexity index is 1000. The van der Waals surface area contributed by atoms with E-state index in [4.69, 9.17) is 4.74 Å². The van der Waals surface area contributed by atoms with Crippen LogP contribution >= 0.6 is 0 Å². The zero-order valence-electron chi connectivity index (χ0n) is 15.7. The van der Waals surface area contributed by atoms with Gasteiger partial charge in [-0.15, -0.1) is 0 Å². The van der Waals surface area contributed by atoms with E-state index in [1.54, 1.807) is 36.4 Å². The lowest BCUT2D eigenvalue weighted by molar-refractivity contribution is -0.120. The Balaban J connectivity index is 1.84. The number of fused-ring (bicyclic) bond motifs is 1. The van der Waals surface area contributed by atoms with Gasteiger partial charge in [-0.3, -0.25) is 9.59 Å². The van der Waals surface area contributed by atoms with Crippen molar-refractivity contribution in [1.29, 1.82) is 0 Å². The molecule has 0 bridgehead atoms. The van der Waals surface area contributed by atoms with Crippen molar-refractivity contribution in [2.45, 2.75) is 19.0 Å². The highest BCUT2D eigenvalue weighted by atomic mass is 32.2. The predicted molar refractivity (Wildman–Crippen MR) is 106 cm³/mol. The number of nitrogens with zero attached hydrogens (tertiary/aromatic N) is 1.